The van der Waals surface area contributed by atoms with E-state index in [4.69, 9.17) is 10.2 Å². The first kappa shape index (κ1) is 8.77. The summed E-state index contributed by atoms with van der Waals surface area (Å²) >= 11 is 3.27. The van der Waals surface area contributed by atoms with Gasteiger partial charge in [-0.05, 0) is 29.0 Å². The van der Waals surface area contributed by atoms with Gasteiger partial charge in [-0.2, -0.15) is 0 Å². The Morgan fingerprint density at radius 1 is 1.73 bits per heavy atom. The molecular formula is C7H11BrN2O. The third-order valence-electron chi connectivity index (χ3n) is 1.38. The van der Waals surface area contributed by atoms with Crippen LogP contribution in [0.5, 0.6) is 0 Å². The minimum absolute atomic E-state index is 0.508. The van der Waals surface area contributed by atoms with Crippen LogP contribution in [-0.4, -0.2) is 7.05 Å². The maximum atomic E-state index is 5.45. The van der Waals surface area contributed by atoms with E-state index in [2.05, 4.69) is 21.2 Å². The SMILES string of the molecule is CNCc1cc(CN)c(Br)o1. The fourth-order valence-electron chi connectivity index (χ4n) is 0.862. The van der Waals surface area contributed by atoms with Gasteiger partial charge in [-0.15, -0.1) is 0 Å². The smallest absolute Gasteiger partial charge is 0.173 e. The van der Waals surface area contributed by atoms with Crippen LogP contribution in [0.25, 0.3) is 0 Å². The second kappa shape index (κ2) is 3.90. The Labute approximate surface area is 74.1 Å². The molecule has 0 saturated heterocycles. The molecule has 0 aliphatic carbocycles. The van der Waals surface area contributed by atoms with Gasteiger partial charge in [0.05, 0.1) is 6.54 Å². The number of hydrogen-bond donors (Lipinski definition) is 2. The quantitative estimate of drug-likeness (QED) is 0.803. The second-order valence-corrected chi connectivity index (χ2v) is 2.97. The zero-order valence-electron chi connectivity index (χ0n) is 6.36. The molecule has 0 aliphatic heterocycles. The van der Waals surface area contributed by atoms with E-state index in [9.17, 15) is 0 Å². The summed E-state index contributed by atoms with van der Waals surface area (Å²) in [6, 6.07) is 1.95. The fourth-order valence-corrected chi connectivity index (χ4v) is 1.35. The molecule has 0 bridgehead atoms. The molecule has 1 rings (SSSR count). The standard InChI is InChI=1S/C7H11BrN2O/c1-10-4-6-2-5(3-9)7(8)11-6/h2,10H,3-4,9H2,1H3. The van der Waals surface area contributed by atoms with E-state index in [-0.39, 0.29) is 0 Å². The van der Waals surface area contributed by atoms with Crippen molar-refractivity contribution in [2.45, 2.75) is 13.1 Å². The van der Waals surface area contributed by atoms with Gasteiger partial charge in [0.15, 0.2) is 4.67 Å². The van der Waals surface area contributed by atoms with E-state index >= 15 is 0 Å². The van der Waals surface area contributed by atoms with Gasteiger partial charge >= 0.3 is 0 Å². The Balaban J connectivity index is 2.77. The molecule has 0 fully saturated rings. The first-order valence-electron chi connectivity index (χ1n) is 3.39. The van der Waals surface area contributed by atoms with Crippen LogP contribution in [0.2, 0.25) is 0 Å². The Morgan fingerprint density at radius 3 is 2.91 bits per heavy atom. The summed E-state index contributed by atoms with van der Waals surface area (Å²) in [7, 11) is 1.87. The monoisotopic (exact) mass is 218 g/mol. The normalized spacial score (nSPS) is 10.5. The topological polar surface area (TPSA) is 51.2 Å². The van der Waals surface area contributed by atoms with E-state index in [1.807, 2.05) is 13.1 Å². The minimum atomic E-state index is 0.508. The predicted octanol–water partition coefficient (Wildman–Crippen LogP) is 1.22. The highest BCUT2D eigenvalue weighted by Crippen LogP contribution is 2.20. The highest BCUT2D eigenvalue weighted by atomic mass is 79.9. The van der Waals surface area contributed by atoms with Crippen molar-refractivity contribution in [2.24, 2.45) is 5.73 Å². The average molecular weight is 219 g/mol. The van der Waals surface area contributed by atoms with Crippen molar-refractivity contribution in [3.63, 3.8) is 0 Å². The van der Waals surface area contributed by atoms with E-state index in [1.165, 1.54) is 0 Å². The molecule has 0 radical (unpaired) electrons. The molecule has 4 heteroatoms. The predicted molar refractivity (Wildman–Crippen MR) is 47.1 cm³/mol. The molecule has 3 N–H and O–H groups in total. The van der Waals surface area contributed by atoms with Gasteiger partial charge < -0.3 is 15.5 Å². The molecule has 1 aromatic rings. The molecule has 1 aromatic heterocycles. The van der Waals surface area contributed by atoms with Crippen LogP contribution < -0.4 is 11.1 Å². The Kier molecular flexibility index (Phi) is 3.11. The van der Waals surface area contributed by atoms with Gasteiger partial charge in [-0.25, -0.2) is 0 Å². The van der Waals surface area contributed by atoms with Crippen LogP contribution >= 0.6 is 15.9 Å². The molecule has 0 spiro atoms. The van der Waals surface area contributed by atoms with E-state index in [0.29, 0.717) is 6.54 Å². The number of furan rings is 1. The molecule has 0 aliphatic rings. The van der Waals surface area contributed by atoms with Crippen molar-refractivity contribution >= 4 is 15.9 Å². The number of rotatable bonds is 3. The van der Waals surface area contributed by atoms with E-state index in [0.717, 1.165) is 22.5 Å². The average Bonchev–Trinajstić information content (AvgIpc) is 2.32. The van der Waals surface area contributed by atoms with E-state index < -0.39 is 0 Å². The van der Waals surface area contributed by atoms with Gasteiger partial charge in [0.25, 0.3) is 0 Å². The van der Waals surface area contributed by atoms with Crippen LogP contribution in [-0.2, 0) is 13.1 Å². The number of hydrogen-bond acceptors (Lipinski definition) is 3. The van der Waals surface area contributed by atoms with Crippen molar-refractivity contribution in [1.82, 2.24) is 5.32 Å². The lowest BCUT2D eigenvalue weighted by molar-refractivity contribution is 0.473. The van der Waals surface area contributed by atoms with Gasteiger partial charge in [0.2, 0.25) is 0 Å². The van der Waals surface area contributed by atoms with Gasteiger partial charge in [-0.1, -0.05) is 0 Å². The van der Waals surface area contributed by atoms with E-state index in [1.54, 1.807) is 0 Å². The van der Waals surface area contributed by atoms with Gasteiger partial charge in [-0.3, -0.25) is 0 Å². The summed E-state index contributed by atoms with van der Waals surface area (Å²) in [5.74, 6) is 0.903. The Morgan fingerprint density at radius 2 is 2.45 bits per heavy atom. The van der Waals surface area contributed by atoms with Gasteiger partial charge in [0, 0.05) is 12.1 Å². The summed E-state index contributed by atoms with van der Waals surface area (Å²) in [5, 5.41) is 2.99. The second-order valence-electron chi connectivity index (χ2n) is 2.25. The van der Waals surface area contributed by atoms with Crippen molar-refractivity contribution < 1.29 is 4.42 Å². The maximum absolute atomic E-state index is 5.45. The summed E-state index contributed by atoms with van der Waals surface area (Å²) in [6.07, 6.45) is 0. The summed E-state index contributed by atoms with van der Waals surface area (Å²) in [5.41, 5.74) is 6.46. The molecule has 62 valence electrons. The summed E-state index contributed by atoms with van der Waals surface area (Å²) in [6.45, 7) is 1.24. The third-order valence-corrected chi connectivity index (χ3v) is 2.05. The van der Waals surface area contributed by atoms with Gasteiger partial charge in [0.1, 0.15) is 5.76 Å². The maximum Gasteiger partial charge on any atom is 0.173 e. The fraction of sp³-hybridized carbons (Fsp3) is 0.429. The zero-order chi connectivity index (χ0) is 8.27. The van der Waals surface area contributed by atoms with Crippen LogP contribution in [0.4, 0.5) is 0 Å². The number of nitrogens with one attached hydrogen (secondary N) is 1. The lowest BCUT2D eigenvalue weighted by Crippen LogP contribution is -2.03. The number of halogens is 1. The molecule has 0 amide bonds. The van der Waals surface area contributed by atoms with Crippen LogP contribution in [0, 0.1) is 0 Å². The largest absolute Gasteiger partial charge is 0.453 e. The molecular weight excluding hydrogens is 208 g/mol. The number of nitrogens with two attached hydrogens (primary N) is 1. The van der Waals surface area contributed by atoms with Crippen LogP contribution in [0.1, 0.15) is 11.3 Å². The highest BCUT2D eigenvalue weighted by Gasteiger charge is 2.05. The van der Waals surface area contributed by atoms with Crippen molar-refractivity contribution in [3.8, 4) is 0 Å². The molecule has 0 unspecified atom stereocenters. The Hall–Kier alpha value is -0.320. The Bertz CT molecular complexity index is 234. The molecule has 0 saturated carbocycles. The van der Waals surface area contributed by atoms with Crippen molar-refractivity contribution in [3.05, 3.63) is 22.1 Å². The first-order chi connectivity index (χ1) is 5.27. The molecule has 11 heavy (non-hydrogen) atoms. The molecule has 0 aromatic carbocycles. The lowest BCUT2D eigenvalue weighted by atomic mass is 10.3. The highest BCUT2D eigenvalue weighted by molar-refractivity contribution is 9.10. The third kappa shape index (κ3) is 2.05. The summed E-state index contributed by atoms with van der Waals surface area (Å²) in [4.78, 5) is 0. The van der Waals surface area contributed by atoms with Crippen LogP contribution in [0.15, 0.2) is 15.2 Å². The van der Waals surface area contributed by atoms with Crippen LogP contribution in [0.3, 0.4) is 0 Å². The van der Waals surface area contributed by atoms with Crippen molar-refractivity contribution in [2.75, 3.05) is 7.05 Å². The molecule has 0 atom stereocenters. The lowest BCUT2D eigenvalue weighted by Gasteiger charge is -1.90. The minimum Gasteiger partial charge on any atom is -0.453 e. The summed E-state index contributed by atoms with van der Waals surface area (Å²) < 4.78 is 6.06. The molecule has 3 nitrogen and oxygen atoms in total. The van der Waals surface area contributed by atoms with Crippen molar-refractivity contribution in [1.29, 1.82) is 0 Å². The zero-order valence-corrected chi connectivity index (χ0v) is 7.94. The first-order valence-corrected chi connectivity index (χ1v) is 4.19. The molecule has 1 heterocycles.